The summed E-state index contributed by atoms with van der Waals surface area (Å²) in [6, 6.07) is 19.2. The smallest absolute Gasteiger partial charge is 0.193 e. The van der Waals surface area contributed by atoms with E-state index in [0.29, 0.717) is 11.8 Å². The lowest BCUT2D eigenvalue weighted by molar-refractivity contribution is 0.414. The van der Waals surface area contributed by atoms with Crippen LogP contribution in [-0.4, -0.2) is 57.7 Å². The van der Waals surface area contributed by atoms with Crippen molar-refractivity contribution >= 4 is 11.6 Å². The molecule has 0 bridgehead atoms. The van der Waals surface area contributed by atoms with Gasteiger partial charge in [0, 0.05) is 39.8 Å². The van der Waals surface area contributed by atoms with Crippen molar-refractivity contribution in [3.05, 3.63) is 60.2 Å². The average molecular weight is 407 g/mol. The Bertz CT molecular complexity index is 838. The maximum Gasteiger partial charge on any atom is 0.193 e. The Balaban J connectivity index is 1.26. The van der Waals surface area contributed by atoms with Gasteiger partial charge >= 0.3 is 0 Å². The second-order valence-corrected chi connectivity index (χ2v) is 8.49. The fourth-order valence-corrected chi connectivity index (χ4v) is 4.82. The fraction of sp³-hybridized carbons (Fsp3) is 0.480. The van der Waals surface area contributed by atoms with E-state index in [2.05, 4.69) is 62.6 Å². The van der Waals surface area contributed by atoms with E-state index >= 15 is 0 Å². The lowest BCUT2D eigenvalue weighted by Crippen LogP contribution is -2.42. The van der Waals surface area contributed by atoms with Crippen molar-refractivity contribution in [3.8, 4) is 5.75 Å². The summed E-state index contributed by atoms with van der Waals surface area (Å²) < 4.78 is 5.55. The standard InChI is InChI=1S/C25H34N4O/c1-26-25(29-15-12-21(18-29)16-20-8-4-3-5-9-20)27-17-22-13-14-28(19-22)23-10-6-7-11-24(23)30-2/h3-11,21-22H,12-19H2,1-2H3,(H,26,27). The van der Waals surface area contributed by atoms with E-state index in [1.54, 1.807) is 7.11 Å². The van der Waals surface area contributed by atoms with Gasteiger partial charge in [0.05, 0.1) is 12.8 Å². The molecule has 0 amide bonds. The van der Waals surface area contributed by atoms with E-state index in [1.165, 1.54) is 24.1 Å². The molecule has 30 heavy (non-hydrogen) atoms. The van der Waals surface area contributed by atoms with Crippen molar-refractivity contribution in [2.24, 2.45) is 16.8 Å². The molecule has 0 spiro atoms. The predicted molar refractivity (Wildman–Crippen MR) is 125 cm³/mol. The molecule has 2 heterocycles. The molecule has 2 unspecified atom stereocenters. The highest BCUT2D eigenvalue weighted by atomic mass is 16.5. The maximum absolute atomic E-state index is 5.55. The Morgan fingerprint density at radius 2 is 1.77 bits per heavy atom. The molecule has 5 nitrogen and oxygen atoms in total. The van der Waals surface area contributed by atoms with Gasteiger partial charge in [0.2, 0.25) is 0 Å². The second-order valence-electron chi connectivity index (χ2n) is 8.49. The zero-order valence-electron chi connectivity index (χ0n) is 18.3. The van der Waals surface area contributed by atoms with E-state index < -0.39 is 0 Å². The molecule has 2 fully saturated rings. The first-order valence-electron chi connectivity index (χ1n) is 11.1. The Morgan fingerprint density at radius 1 is 1.00 bits per heavy atom. The highest BCUT2D eigenvalue weighted by Crippen LogP contribution is 2.31. The second kappa shape index (κ2) is 9.88. The third-order valence-electron chi connectivity index (χ3n) is 6.42. The van der Waals surface area contributed by atoms with Gasteiger partial charge in [-0.25, -0.2) is 0 Å². The fourth-order valence-electron chi connectivity index (χ4n) is 4.82. The predicted octanol–water partition coefficient (Wildman–Crippen LogP) is 3.66. The van der Waals surface area contributed by atoms with Crippen LogP contribution in [0.4, 0.5) is 5.69 Å². The van der Waals surface area contributed by atoms with E-state index in [1.807, 2.05) is 19.2 Å². The number of para-hydroxylation sites is 2. The van der Waals surface area contributed by atoms with Gasteiger partial charge in [-0.05, 0) is 48.8 Å². The first-order chi connectivity index (χ1) is 14.8. The number of hydrogen-bond donors (Lipinski definition) is 1. The highest BCUT2D eigenvalue weighted by molar-refractivity contribution is 5.80. The van der Waals surface area contributed by atoms with Crippen LogP contribution >= 0.6 is 0 Å². The molecule has 2 aliphatic rings. The monoisotopic (exact) mass is 406 g/mol. The molecule has 160 valence electrons. The van der Waals surface area contributed by atoms with Crippen LogP contribution in [0.15, 0.2) is 59.6 Å². The minimum Gasteiger partial charge on any atom is -0.495 e. The van der Waals surface area contributed by atoms with Crippen LogP contribution in [0, 0.1) is 11.8 Å². The lowest BCUT2D eigenvalue weighted by atomic mass is 9.99. The summed E-state index contributed by atoms with van der Waals surface area (Å²) in [5.74, 6) is 3.34. The normalized spacial score (nSPS) is 21.9. The summed E-state index contributed by atoms with van der Waals surface area (Å²) in [5.41, 5.74) is 2.64. The number of methoxy groups -OCH3 is 1. The molecule has 2 saturated heterocycles. The van der Waals surface area contributed by atoms with Crippen LogP contribution in [0.3, 0.4) is 0 Å². The van der Waals surface area contributed by atoms with Crippen LogP contribution < -0.4 is 15.0 Å². The van der Waals surface area contributed by atoms with E-state index in [4.69, 9.17) is 4.74 Å². The maximum atomic E-state index is 5.55. The van der Waals surface area contributed by atoms with Gasteiger partial charge < -0.3 is 19.9 Å². The molecule has 1 N–H and O–H groups in total. The number of anilines is 1. The molecule has 2 aromatic rings. The van der Waals surface area contributed by atoms with E-state index in [9.17, 15) is 0 Å². The van der Waals surface area contributed by atoms with Gasteiger partial charge in [-0.3, -0.25) is 4.99 Å². The SMILES string of the molecule is CN=C(NCC1CCN(c2ccccc2OC)C1)N1CCC(Cc2ccccc2)C1. The average Bonchev–Trinajstić information content (AvgIpc) is 3.45. The quantitative estimate of drug-likeness (QED) is 0.587. The van der Waals surface area contributed by atoms with Gasteiger partial charge in [0.1, 0.15) is 5.75 Å². The summed E-state index contributed by atoms with van der Waals surface area (Å²) in [5, 5.41) is 3.66. The van der Waals surface area contributed by atoms with Crippen molar-refractivity contribution in [2.45, 2.75) is 19.3 Å². The molecule has 0 radical (unpaired) electrons. The molecular formula is C25H34N4O. The minimum atomic E-state index is 0.620. The number of aliphatic imine (C=N–C) groups is 1. The molecule has 0 aliphatic carbocycles. The third-order valence-corrected chi connectivity index (χ3v) is 6.42. The third kappa shape index (κ3) is 4.89. The molecule has 2 aromatic carbocycles. The Labute approximate surface area is 180 Å². The first-order valence-corrected chi connectivity index (χ1v) is 11.1. The summed E-state index contributed by atoms with van der Waals surface area (Å²) in [4.78, 5) is 9.45. The van der Waals surface area contributed by atoms with Crippen molar-refractivity contribution in [2.75, 3.05) is 51.8 Å². The highest BCUT2D eigenvalue weighted by Gasteiger charge is 2.27. The molecule has 4 rings (SSSR count). The van der Waals surface area contributed by atoms with Gasteiger partial charge in [-0.1, -0.05) is 42.5 Å². The van der Waals surface area contributed by atoms with E-state index in [-0.39, 0.29) is 0 Å². The number of hydrogen-bond acceptors (Lipinski definition) is 3. The summed E-state index contributed by atoms with van der Waals surface area (Å²) >= 11 is 0. The molecule has 0 saturated carbocycles. The number of benzene rings is 2. The number of rotatable bonds is 6. The largest absolute Gasteiger partial charge is 0.495 e. The molecule has 2 aliphatic heterocycles. The zero-order valence-corrected chi connectivity index (χ0v) is 18.3. The van der Waals surface area contributed by atoms with Gasteiger partial charge in [0.25, 0.3) is 0 Å². The molecule has 0 aromatic heterocycles. The van der Waals surface area contributed by atoms with Crippen molar-refractivity contribution in [1.29, 1.82) is 0 Å². The van der Waals surface area contributed by atoms with Crippen LogP contribution in [0.2, 0.25) is 0 Å². The van der Waals surface area contributed by atoms with Crippen LogP contribution in [0.25, 0.3) is 0 Å². The first kappa shape index (κ1) is 20.6. The summed E-state index contributed by atoms with van der Waals surface area (Å²) in [7, 11) is 3.65. The van der Waals surface area contributed by atoms with Gasteiger partial charge in [-0.2, -0.15) is 0 Å². The number of nitrogens with zero attached hydrogens (tertiary/aromatic N) is 3. The van der Waals surface area contributed by atoms with Crippen LogP contribution in [0.1, 0.15) is 18.4 Å². The van der Waals surface area contributed by atoms with Crippen molar-refractivity contribution in [3.63, 3.8) is 0 Å². The number of nitrogens with one attached hydrogen (secondary N) is 1. The van der Waals surface area contributed by atoms with Crippen molar-refractivity contribution < 1.29 is 4.74 Å². The molecule has 2 atom stereocenters. The Kier molecular flexibility index (Phi) is 6.77. The number of likely N-dealkylation sites (tertiary alicyclic amines) is 1. The van der Waals surface area contributed by atoms with Gasteiger partial charge in [0.15, 0.2) is 5.96 Å². The molecule has 5 heteroatoms. The minimum absolute atomic E-state index is 0.620. The topological polar surface area (TPSA) is 40.1 Å². The molecular weight excluding hydrogens is 372 g/mol. The van der Waals surface area contributed by atoms with Gasteiger partial charge in [-0.15, -0.1) is 0 Å². The Hall–Kier alpha value is -2.69. The number of ether oxygens (including phenoxy) is 1. The van der Waals surface area contributed by atoms with E-state index in [0.717, 1.165) is 50.9 Å². The Morgan fingerprint density at radius 3 is 2.57 bits per heavy atom. The lowest BCUT2D eigenvalue weighted by Gasteiger charge is -2.24. The zero-order chi connectivity index (χ0) is 20.8. The van der Waals surface area contributed by atoms with Crippen LogP contribution in [-0.2, 0) is 6.42 Å². The summed E-state index contributed by atoms with van der Waals surface area (Å²) in [6.07, 6.45) is 3.59. The van der Waals surface area contributed by atoms with Crippen molar-refractivity contribution in [1.82, 2.24) is 10.2 Å². The number of guanidine groups is 1. The van der Waals surface area contributed by atoms with Crippen LogP contribution in [0.5, 0.6) is 5.75 Å². The summed E-state index contributed by atoms with van der Waals surface area (Å²) in [6.45, 7) is 5.29.